The summed E-state index contributed by atoms with van der Waals surface area (Å²) in [6, 6.07) is 6.19. The van der Waals surface area contributed by atoms with Crippen LogP contribution in [0.2, 0.25) is 0 Å². The summed E-state index contributed by atoms with van der Waals surface area (Å²) in [5, 5.41) is 12.7. The van der Waals surface area contributed by atoms with Gasteiger partial charge in [-0.2, -0.15) is 5.26 Å². The Morgan fingerprint density at radius 2 is 2.00 bits per heavy atom. The van der Waals surface area contributed by atoms with Crippen molar-refractivity contribution in [2.75, 3.05) is 38.1 Å². The lowest BCUT2D eigenvalue weighted by atomic mass is 9.88. The molecule has 2 saturated heterocycles. The van der Waals surface area contributed by atoms with Crippen molar-refractivity contribution in [3.05, 3.63) is 30.1 Å². The molecule has 0 radical (unpaired) electrons. The average Bonchev–Trinajstić information content (AvgIpc) is 2.72. The van der Waals surface area contributed by atoms with Gasteiger partial charge in [-0.3, -0.25) is 14.8 Å². The first-order valence-corrected chi connectivity index (χ1v) is 10.4. The first kappa shape index (κ1) is 19.6. The van der Waals surface area contributed by atoms with Crippen LogP contribution in [0.15, 0.2) is 24.5 Å². The summed E-state index contributed by atoms with van der Waals surface area (Å²) in [5.41, 5.74) is 2.83. The molecule has 1 aromatic heterocycles. The maximum absolute atomic E-state index is 13.0. The molecule has 0 spiro atoms. The topological polar surface area (TPSA) is 85.2 Å². The van der Waals surface area contributed by atoms with Crippen molar-refractivity contribution in [2.24, 2.45) is 11.8 Å². The van der Waals surface area contributed by atoms with Gasteiger partial charge in [-0.25, -0.2) is 0 Å². The van der Waals surface area contributed by atoms with Crippen LogP contribution in [0.3, 0.4) is 0 Å². The van der Waals surface area contributed by atoms with Crippen LogP contribution in [0.1, 0.15) is 31.7 Å². The molecule has 1 aromatic carbocycles. The Bertz CT molecular complexity index is 939. The summed E-state index contributed by atoms with van der Waals surface area (Å²) >= 11 is 0. The van der Waals surface area contributed by atoms with E-state index in [1.54, 1.807) is 18.5 Å². The number of piperidine rings is 2. The second kappa shape index (κ2) is 8.34. The molecule has 2 aliphatic rings. The van der Waals surface area contributed by atoms with Crippen molar-refractivity contribution in [3.8, 4) is 6.07 Å². The van der Waals surface area contributed by atoms with Crippen LogP contribution in [0, 0.1) is 23.2 Å². The van der Waals surface area contributed by atoms with E-state index in [4.69, 9.17) is 0 Å². The molecule has 0 aliphatic carbocycles. The van der Waals surface area contributed by atoms with Crippen LogP contribution in [0.25, 0.3) is 11.0 Å². The molecule has 1 N–H and O–H groups in total. The molecule has 7 nitrogen and oxygen atoms in total. The Hall–Kier alpha value is -2.72. The molecule has 1 amide bonds. The predicted octanol–water partition coefficient (Wildman–Crippen LogP) is 2.17. The van der Waals surface area contributed by atoms with Gasteiger partial charge in [0.05, 0.1) is 17.2 Å². The van der Waals surface area contributed by atoms with Crippen LogP contribution in [-0.4, -0.2) is 60.0 Å². The highest BCUT2D eigenvalue weighted by atomic mass is 16.2. The summed E-state index contributed by atoms with van der Waals surface area (Å²) in [5.74, 6) is 0.509. The van der Waals surface area contributed by atoms with Crippen molar-refractivity contribution in [1.29, 1.82) is 5.26 Å². The highest BCUT2D eigenvalue weighted by Crippen LogP contribution is 2.32. The smallest absolute Gasteiger partial charge is 0.225 e. The molecular formula is C22H28N6O. The molecule has 1 unspecified atom stereocenters. The van der Waals surface area contributed by atoms with Crippen LogP contribution >= 0.6 is 0 Å². The molecular weight excluding hydrogens is 364 g/mol. The first-order valence-electron chi connectivity index (χ1n) is 10.4. The SMILES string of the molecule is C[C@H]1C[C@@H](C(=O)NC2CCCN(C)C2)CN(c2ccc(C#N)c3nccnc23)C1. The third kappa shape index (κ3) is 4.18. The second-order valence-corrected chi connectivity index (χ2v) is 8.55. The van der Waals surface area contributed by atoms with Gasteiger partial charge in [0.1, 0.15) is 17.1 Å². The number of hydrogen-bond acceptors (Lipinski definition) is 6. The fourth-order valence-corrected chi connectivity index (χ4v) is 4.73. The maximum atomic E-state index is 13.0. The lowest BCUT2D eigenvalue weighted by molar-refractivity contribution is -0.126. The van der Waals surface area contributed by atoms with E-state index in [2.05, 4.69) is 45.1 Å². The first-order chi connectivity index (χ1) is 14.0. The number of fused-ring (bicyclic) bond motifs is 1. The monoisotopic (exact) mass is 392 g/mol. The number of anilines is 1. The van der Waals surface area contributed by atoms with Gasteiger partial charge in [-0.05, 0) is 50.9 Å². The van der Waals surface area contributed by atoms with Crippen molar-refractivity contribution in [2.45, 2.75) is 32.2 Å². The Balaban J connectivity index is 1.54. The van der Waals surface area contributed by atoms with E-state index >= 15 is 0 Å². The Morgan fingerprint density at radius 1 is 1.21 bits per heavy atom. The normalized spacial score (nSPS) is 25.6. The summed E-state index contributed by atoms with van der Waals surface area (Å²) in [6.07, 6.45) is 6.35. The number of rotatable bonds is 3. The third-order valence-corrected chi connectivity index (χ3v) is 6.07. The van der Waals surface area contributed by atoms with E-state index in [1.807, 2.05) is 6.07 Å². The molecule has 2 aromatic rings. The number of nitrogens with one attached hydrogen (secondary N) is 1. The molecule has 3 atom stereocenters. The van der Waals surface area contributed by atoms with Crippen molar-refractivity contribution in [3.63, 3.8) is 0 Å². The Kier molecular flexibility index (Phi) is 5.63. The van der Waals surface area contributed by atoms with Gasteiger partial charge in [0.15, 0.2) is 0 Å². The summed E-state index contributed by atoms with van der Waals surface area (Å²) in [4.78, 5) is 26.4. The number of likely N-dealkylation sites (N-methyl/N-ethyl adjacent to an activating group) is 1. The molecule has 0 bridgehead atoms. The number of nitriles is 1. The minimum absolute atomic E-state index is 0.0478. The van der Waals surface area contributed by atoms with E-state index in [0.29, 0.717) is 23.5 Å². The lowest BCUT2D eigenvalue weighted by Crippen LogP contribution is -2.51. The molecule has 0 saturated carbocycles. The number of nitrogens with zero attached hydrogens (tertiary/aromatic N) is 5. The summed E-state index contributed by atoms with van der Waals surface area (Å²) < 4.78 is 0. The van der Waals surface area contributed by atoms with Crippen LogP contribution in [0.5, 0.6) is 0 Å². The van der Waals surface area contributed by atoms with Crippen LogP contribution < -0.4 is 10.2 Å². The molecule has 3 heterocycles. The van der Waals surface area contributed by atoms with Crippen LogP contribution in [-0.2, 0) is 4.79 Å². The second-order valence-electron chi connectivity index (χ2n) is 8.55. The quantitative estimate of drug-likeness (QED) is 0.862. The van der Waals surface area contributed by atoms with Crippen molar-refractivity contribution >= 4 is 22.6 Å². The van der Waals surface area contributed by atoms with Gasteiger partial charge in [-0.1, -0.05) is 6.92 Å². The third-order valence-electron chi connectivity index (χ3n) is 6.07. The Morgan fingerprint density at radius 3 is 2.76 bits per heavy atom. The zero-order valence-corrected chi connectivity index (χ0v) is 17.1. The Labute approximate surface area is 171 Å². The zero-order valence-electron chi connectivity index (χ0n) is 17.1. The average molecular weight is 393 g/mol. The maximum Gasteiger partial charge on any atom is 0.225 e. The summed E-state index contributed by atoms with van der Waals surface area (Å²) in [7, 11) is 2.11. The molecule has 2 aliphatic heterocycles. The minimum atomic E-state index is -0.0478. The van der Waals surface area contributed by atoms with Gasteiger partial charge in [-0.15, -0.1) is 0 Å². The largest absolute Gasteiger partial charge is 0.369 e. The lowest BCUT2D eigenvalue weighted by Gasteiger charge is -2.38. The fraction of sp³-hybridized carbons (Fsp3) is 0.545. The summed E-state index contributed by atoms with van der Waals surface area (Å²) in [6.45, 7) is 5.75. The van der Waals surface area contributed by atoms with E-state index in [9.17, 15) is 10.1 Å². The van der Waals surface area contributed by atoms with E-state index < -0.39 is 0 Å². The highest BCUT2D eigenvalue weighted by Gasteiger charge is 2.32. The van der Waals surface area contributed by atoms with Gasteiger partial charge in [0.25, 0.3) is 0 Å². The molecule has 29 heavy (non-hydrogen) atoms. The molecule has 4 rings (SSSR count). The number of carbonyl (C=O) groups excluding carboxylic acids is 1. The standard InChI is InChI=1S/C22H28N6O/c1-15-10-17(22(29)26-18-4-3-9-27(2)14-18)13-28(12-15)19-6-5-16(11-23)20-21(19)25-8-7-24-20/h5-8,15,17-18H,3-4,9-10,12-14H2,1-2H3,(H,26,29)/t15-,17+,18?/m0/s1. The number of benzene rings is 1. The number of aromatic nitrogens is 2. The van der Waals surface area contributed by atoms with Crippen molar-refractivity contribution in [1.82, 2.24) is 20.2 Å². The minimum Gasteiger partial charge on any atom is -0.369 e. The van der Waals surface area contributed by atoms with E-state index in [1.165, 1.54) is 0 Å². The van der Waals surface area contributed by atoms with Crippen LogP contribution in [0.4, 0.5) is 5.69 Å². The zero-order chi connectivity index (χ0) is 20.4. The number of amides is 1. The number of hydrogen-bond donors (Lipinski definition) is 1. The highest BCUT2D eigenvalue weighted by molar-refractivity contribution is 5.92. The van der Waals surface area contributed by atoms with E-state index in [0.717, 1.165) is 50.1 Å². The fourth-order valence-electron chi connectivity index (χ4n) is 4.73. The van der Waals surface area contributed by atoms with Gasteiger partial charge in [0.2, 0.25) is 5.91 Å². The molecule has 152 valence electrons. The predicted molar refractivity (Wildman–Crippen MR) is 112 cm³/mol. The molecule has 7 heteroatoms. The van der Waals surface area contributed by atoms with Crippen molar-refractivity contribution < 1.29 is 4.79 Å². The number of carbonyl (C=O) groups is 1. The van der Waals surface area contributed by atoms with E-state index in [-0.39, 0.29) is 17.9 Å². The number of likely N-dealkylation sites (tertiary alicyclic amines) is 1. The van der Waals surface area contributed by atoms with Gasteiger partial charge in [0, 0.05) is 38.1 Å². The molecule has 2 fully saturated rings. The van der Waals surface area contributed by atoms with Gasteiger partial charge < -0.3 is 15.1 Å². The van der Waals surface area contributed by atoms with Gasteiger partial charge >= 0.3 is 0 Å².